The summed E-state index contributed by atoms with van der Waals surface area (Å²) in [5, 5.41) is 4.43. The van der Waals surface area contributed by atoms with E-state index in [4.69, 9.17) is 5.73 Å². The first-order chi connectivity index (χ1) is 7.19. The molecule has 15 heavy (non-hydrogen) atoms. The molecule has 2 aliphatic rings. The topological polar surface area (TPSA) is 43.8 Å². The van der Waals surface area contributed by atoms with Crippen molar-refractivity contribution in [1.29, 1.82) is 0 Å². The van der Waals surface area contributed by atoms with Crippen LogP contribution in [0, 0.1) is 5.92 Å². The van der Waals surface area contributed by atoms with E-state index in [9.17, 15) is 0 Å². The van der Waals surface area contributed by atoms with Crippen LogP contribution in [0.5, 0.6) is 0 Å². The highest BCUT2D eigenvalue weighted by Gasteiger charge is 2.44. The molecule has 0 amide bonds. The van der Waals surface area contributed by atoms with Crippen molar-refractivity contribution in [3.63, 3.8) is 0 Å². The normalized spacial score (nSPS) is 23.9. The third-order valence-electron chi connectivity index (χ3n) is 3.71. The highest BCUT2D eigenvalue weighted by atomic mass is 79.9. The average molecular weight is 270 g/mol. The Morgan fingerprint density at radius 2 is 2.27 bits per heavy atom. The van der Waals surface area contributed by atoms with Crippen molar-refractivity contribution < 1.29 is 0 Å². The molecule has 3 rings (SSSR count). The zero-order valence-corrected chi connectivity index (χ0v) is 10.3. The lowest BCUT2D eigenvalue weighted by Crippen LogP contribution is -2.27. The molecule has 0 radical (unpaired) electrons. The molecule has 0 atom stereocenters. The lowest BCUT2D eigenvalue weighted by Gasteiger charge is -2.26. The summed E-state index contributed by atoms with van der Waals surface area (Å²) in [5.74, 6) is 0.831. The van der Waals surface area contributed by atoms with E-state index in [1.807, 2.05) is 6.20 Å². The van der Waals surface area contributed by atoms with E-state index < -0.39 is 0 Å². The Morgan fingerprint density at radius 3 is 2.80 bits per heavy atom. The molecule has 0 aliphatic heterocycles. The Labute approximate surface area is 98.2 Å². The van der Waals surface area contributed by atoms with Gasteiger partial charge in [0, 0.05) is 6.54 Å². The van der Waals surface area contributed by atoms with Gasteiger partial charge in [0.25, 0.3) is 0 Å². The summed E-state index contributed by atoms with van der Waals surface area (Å²) in [6, 6.07) is 0. The van der Waals surface area contributed by atoms with E-state index in [0.717, 1.165) is 29.8 Å². The predicted octanol–water partition coefficient (Wildman–Crippen LogP) is 2.39. The second-order valence-electron chi connectivity index (χ2n) is 4.98. The van der Waals surface area contributed by atoms with Crippen LogP contribution in [0.4, 0.5) is 0 Å². The van der Waals surface area contributed by atoms with Crippen LogP contribution in [0.15, 0.2) is 10.7 Å². The molecular formula is C11H16BrN3. The summed E-state index contributed by atoms with van der Waals surface area (Å²) >= 11 is 3.56. The molecule has 0 spiro atoms. The van der Waals surface area contributed by atoms with Crippen molar-refractivity contribution in [2.75, 3.05) is 0 Å². The maximum absolute atomic E-state index is 6.26. The number of hydrogen-bond donors (Lipinski definition) is 1. The quantitative estimate of drug-likeness (QED) is 0.916. The number of halogens is 1. The van der Waals surface area contributed by atoms with Crippen molar-refractivity contribution in [3.8, 4) is 0 Å². The van der Waals surface area contributed by atoms with E-state index in [0.29, 0.717) is 0 Å². The maximum Gasteiger partial charge on any atom is 0.0725 e. The van der Waals surface area contributed by atoms with Crippen LogP contribution in [-0.4, -0.2) is 9.78 Å². The van der Waals surface area contributed by atoms with Crippen molar-refractivity contribution in [1.82, 2.24) is 9.78 Å². The maximum atomic E-state index is 6.26. The molecular weight excluding hydrogens is 254 g/mol. The number of aromatic nitrogens is 2. The molecule has 1 aromatic heterocycles. The van der Waals surface area contributed by atoms with E-state index in [1.54, 1.807) is 0 Å². The van der Waals surface area contributed by atoms with Crippen LogP contribution in [-0.2, 0) is 12.1 Å². The van der Waals surface area contributed by atoms with Crippen LogP contribution in [0.1, 0.15) is 37.8 Å². The number of nitrogens with zero attached hydrogens (tertiary/aromatic N) is 2. The van der Waals surface area contributed by atoms with Crippen LogP contribution in [0.3, 0.4) is 0 Å². The van der Waals surface area contributed by atoms with Crippen molar-refractivity contribution in [2.24, 2.45) is 11.7 Å². The Hall–Kier alpha value is -0.350. The molecule has 0 saturated heterocycles. The summed E-state index contributed by atoms with van der Waals surface area (Å²) in [5.41, 5.74) is 7.39. The van der Waals surface area contributed by atoms with Gasteiger partial charge in [0.1, 0.15) is 0 Å². The third kappa shape index (κ3) is 1.64. The fraction of sp³-hybridized carbons (Fsp3) is 0.727. The molecule has 2 N–H and O–H groups in total. The molecule has 1 heterocycles. The molecule has 82 valence electrons. The van der Waals surface area contributed by atoms with Gasteiger partial charge in [-0.25, -0.2) is 0 Å². The molecule has 2 aliphatic carbocycles. The van der Waals surface area contributed by atoms with Gasteiger partial charge >= 0.3 is 0 Å². The second-order valence-corrected chi connectivity index (χ2v) is 5.83. The summed E-state index contributed by atoms with van der Waals surface area (Å²) in [4.78, 5) is 0. The summed E-state index contributed by atoms with van der Waals surface area (Å²) in [6.07, 6.45) is 8.18. The Bertz CT molecular complexity index is 377. The van der Waals surface area contributed by atoms with Crippen LogP contribution in [0.2, 0.25) is 0 Å². The monoisotopic (exact) mass is 269 g/mol. The average Bonchev–Trinajstić information content (AvgIpc) is 2.74. The first-order valence-electron chi connectivity index (χ1n) is 5.70. The Morgan fingerprint density at radius 1 is 1.53 bits per heavy atom. The van der Waals surface area contributed by atoms with Gasteiger partial charge in [0.15, 0.2) is 0 Å². The molecule has 0 aromatic carbocycles. The lowest BCUT2D eigenvalue weighted by molar-refractivity contribution is 0.261. The first-order valence-corrected chi connectivity index (χ1v) is 6.49. The summed E-state index contributed by atoms with van der Waals surface area (Å²) in [7, 11) is 0. The Balaban J connectivity index is 1.86. The molecule has 2 saturated carbocycles. The second kappa shape index (κ2) is 3.32. The third-order valence-corrected chi connectivity index (χ3v) is 4.29. The first kappa shape index (κ1) is 9.85. The van der Waals surface area contributed by atoms with E-state index >= 15 is 0 Å². The number of rotatable bonds is 3. The summed E-state index contributed by atoms with van der Waals surface area (Å²) < 4.78 is 3.21. The lowest BCUT2D eigenvalue weighted by atomic mass is 9.85. The van der Waals surface area contributed by atoms with E-state index in [-0.39, 0.29) is 5.54 Å². The van der Waals surface area contributed by atoms with Gasteiger partial charge < -0.3 is 5.73 Å². The number of nitrogens with two attached hydrogens (primary N) is 1. The smallest absolute Gasteiger partial charge is 0.0725 e. The fourth-order valence-electron chi connectivity index (χ4n) is 2.29. The molecule has 0 unspecified atom stereocenters. The minimum absolute atomic E-state index is 0.0842. The van der Waals surface area contributed by atoms with Gasteiger partial charge in [-0.3, -0.25) is 4.68 Å². The van der Waals surface area contributed by atoms with E-state index in [2.05, 4.69) is 25.7 Å². The Kier molecular flexibility index (Phi) is 2.18. The van der Waals surface area contributed by atoms with Crippen LogP contribution in [0.25, 0.3) is 0 Å². The van der Waals surface area contributed by atoms with Crippen LogP contribution < -0.4 is 5.73 Å². The molecule has 0 bridgehead atoms. The predicted molar refractivity (Wildman–Crippen MR) is 62.4 cm³/mol. The van der Waals surface area contributed by atoms with Gasteiger partial charge in [0.2, 0.25) is 0 Å². The van der Waals surface area contributed by atoms with Gasteiger partial charge in [0.05, 0.1) is 21.9 Å². The molecule has 1 aromatic rings. The van der Waals surface area contributed by atoms with Gasteiger partial charge in [-0.15, -0.1) is 0 Å². The largest absolute Gasteiger partial charge is 0.320 e. The molecule has 2 fully saturated rings. The highest BCUT2D eigenvalue weighted by molar-refractivity contribution is 9.10. The van der Waals surface area contributed by atoms with Crippen LogP contribution >= 0.6 is 15.9 Å². The number of hydrogen-bond acceptors (Lipinski definition) is 2. The van der Waals surface area contributed by atoms with E-state index in [1.165, 1.54) is 25.0 Å². The van der Waals surface area contributed by atoms with Gasteiger partial charge in [-0.2, -0.15) is 5.10 Å². The summed E-state index contributed by atoms with van der Waals surface area (Å²) in [6.45, 7) is 1.06. The standard InChI is InChI=1S/C11H16BrN3/c12-9-6-14-15(7-8-2-1-3-8)10(9)11(13)4-5-11/h6,8H,1-5,7,13H2. The zero-order chi connectivity index (χ0) is 10.5. The van der Waals surface area contributed by atoms with Crippen molar-refractivity contribution >= 4 is 15.9 Å². The van der Waals surface area contributed by atoms with Crippen molar-refractivity contribution in [3.05, 3.63) is 16.4 Å². The minimum atomic E-state index is -0.0842. The van der Waals surface area contributed by atoms with Gasteiger partial charge in [-0.1, -0.05) is 6.42 Å². The van der Waals surface area contributed by atoms with Crippen molar-refractivity contribution in [2.45, 2.75) is 44.2 Å². The molecule has 4 heteroatoms. The zero-order valence-electron chi connectivity index (χ0n) is 8.75. The fourth-order valence-corrected chi connectivity index (χ4v) is 2.98. The SMILES string of the molecule is NC1(c2c(Br)cnn2CC2CCC2)CC1. The molecule has 3 nitrogen and oxygen atoms in total. The highest BCUT2D eigenvalue weighted by Crippen LogP contribution is 2.45. The van der Waals surface area contributed by atoms with Gasteiger partial charge in [-0.05, 0) is 47.5 Å². The minimum Gasteiger partial charge on any atom is -0.320 e.